The van der Waals surface area contributed by atoms with Crippen LogP contribution in [-0.2, 0) is 23.0 Å². The molecular weight excluding hydrogens is 192 g/mol. The monoisotopic (exact) mass is 209 g/mol. The predicted octanol–water partition coefficient (Wildman–Crippen LogP) is 1.16. The normalized spacial score (nSPS) is 31.5. The van der Waals surface area contributed by atoms with Gasteiger partial charge in [0.25, 0.3) is 0 Å². The average molecular weight is 209 g/mol. The Morgan fingerprint density at radius 1 is 1.80 bits per heavy atom. The van der Waals surface area contributed by atoms with Crippen molar-refractivity contribution < 1.29 is 10.9 Å². The number of nitrogens with zero attached hydrogens (tertiary/aromatic N) is 2. The van der Waals surface area contributed by atoms with Crippen molar-refractivity contribution in [2.75, 3.05) is 6.61 Å². The minimum Gasteiger partial charge on any atom is -0.465 e. The maximum atomic E-state index is 11.5. The lowest BCUT2D eigenvalue weighted by molar-refractivity contribution is -0.141. The van der Waals surface area contributed by atoms with Gasteiger partial charge in [0.1, 0.15) is 0 Å². The van der Waals surface area contributed by atoms with Gasteiger partial charge in [0.2, 0.25) is 0 Å². The van der Waals surface area contributed by atoms with Gasteiger partial charge in [0, 0.05) is 26.2 Å². The zero-order valence-corrected chi connectivity index (χ0v) is 9.06. The lowest BCUT2D eigenvalue weighted by atomic mass is 9.89. The first-order chi connectivity index (χ1) is 7.57. The summed E-state index contributed by atoms with van der Waals surface area (Å²) < 4.78 is 15.2. The summed E-state index contributed by atoms with van der Waals surface area (Å²) in [6.45, 7) is 2.11. The van der Waals surface area contributed by atoms with E-state index >= 15 is 0 Å². The molecule has 82 valence electrons. The second kappa shape index (κ2) is 4.04. The number of imidazole rings is 1. The van der Waals surface area contributed by atoms with Crippen LogP contribution in [-0.4, -0.2) is 22.1 Å². The van der Waals surface area contributed by atoms with Crippen LogP contribution < -0.4 is 0 Å². The Morgan fingerprint density at radius 2 is 2.60 bits per heavy atom. The van der Waals surface area contributed by atoms with E-state index < -0.39 is 5.89 Å². The minimum atomic E-state index is -0.834. The van der Waals surface area contributed by atoms with Crippen molar-refractivity contribution in [3.63, 3.8) is 0 Å². The highest BCUT2D eigenvalue weighted by atomic mass is 16.5. The molecule has 0 spiro atoms. The molecule has 0 radical (unpaired) electrons. The van der Waals surface area contributed by atoms with Gasteiger partial charge in [-0.25, -0.2) is 4.98 Å². The van der Waals surface area contributed by atoms with Gasteiger partial charge in [-0.05, 0) is 12.8 Å². The topological polar surface area (TPSA) is 44.1 Å². The summed E-state index contributed by atoms with van der Waals surface area (Å²) in [7, 11) is 1.89. The number of hydrogen-bond acceptors (Lipinski definition) is 3. The number of rotatable bonds is 3. The molecule has 2 atom stereocenters. The number of cyclic esters (lactones) is 1. The SMILES string of the molecule is [2H][C@]1(Cc2cncn2C)COC(=O)[C@H]1CC. The molecule has 2 heterocycles. The molecule has 1 saturated heterocycles. The molecule has 1 aliphatic rings. The van der Waals surface area contributed by atoms with Gasteiger partial charge in [-0.15, -0.1) is 0 Å². The predicted molar refractivity (Wildman–Crippen MR) is 55.1 cm³/mol. The molecular formula is C11H16N2O2. The number of aryl methyl sites for hydroxylation is 1. The zero-order valence-electron chi connectivity index (χ0n) is 10.1. The van der Waals surface area contributed by atoms with E-state index in [-0.39, 0.29) is 18.5 Å². The highest BCUT2D eigenvalue weighted by Crippen LogP contribution is 2.27. The standard InChI is InChI=1S/C11H16N2O2/c1-3-10-8(6-15-11(10)14)4-9-5-12-7-13(9)2/h5,7-8,10H,3-4,6H2,1-2H3/t8-,10-/m0/s1/i8D. The van der Waals surface area contributed by atoms with Gasteiger partial charge >= 0.3 is 5.97 Å². The second-order valence-corrected chi connectivity index (χ2v) is 3.90. The third kappa shape index (κ3) is 1.89. The number of carbonyl (C=O) groups is 1. The minimum absolute atomic E-state index is 0.190. The molecule has 0 aliphatic carbocycles. The molecule has 1 aliphatic heterocycles. The van der Waals surface area contributed by atoms with E-state index in [9.17, 15) is 4.79 Å². The highest BCUT2D eigenvalue weighted by Gasteiger charge is 2.35. The fourth-order valence-electron chi connectivity index (χ4n) is 1.95. The Labute approximate surface area is 90.7 Å². The van der Waals surface area contributed by atoms with Gasteiger partial charge in [-0.3, -0.25) is 4.79 Å². The van der Waals surface area contributed by atoms with Crippen LogP contribution in [0.2, 0.25) is 0 Å². The van der Waals surface area contributed by atoms with Crippen molar-refractivity contribution in [3.8, 4) is 0 Å². The smallest absolute Gasteiger partial charge is 0.309 e. The van der Waals surface area contributed by atoms with Gasteiger partial charge in [0.05, 0.1) is 18.9 Å². The van der Waals surface area contributed by atoms with E-state index in [1.54, 1.807) is 12.5 Å². The Kier molecular flexibility index (Phi) is 2.41. The third-order valence-corrected chi connectivity index (χ3v) is 2.91. The summed E-state index contributed by atoms with van der Waals surface area (Å²) in [5.74, 6) is -1.39. The number of aromatic nitrogens is 2. The summed E-state index contributed by atoms with van der Waals surface area (Å²) >= 11 is 0. The van der Waals surface area contributed by atoms with Crippen molar-refractivity contribution in [1.82, 2.24) is 9.55 Å². The molecule has 1 aromatic heterocycles. The number of ether oxygens (including phenoxy) is 1. The Morgan fingerprint density at radius 3 is 3.20 bits per heavy atom. The first-order valence-electron chi connectivity index (χ1n) is 5.68. The van der Waals surface area contributed by atoms with Crippen molar-refractivity contribution in [1.29, 1.82) is 0 Å². The fraction of sp³-hybridized carbons (Fsp3) is 0.636. The van der Waals surface area contributed by atoms with E-state index in [2.05, 4.69) is 4.98 Å². The van der Waals surface area contributed by atoms with Gasteiger partial charge in [-0.1, -0.05) is 6.92 Å². The quantitative estimate of drug-likeness (QED) is 0.702. The van der Waals surface area contributed by atoms with Gasteiger partial charge in [0.15, 0.2) is 0 Å². The summed E-state index contributed by atoms with van der Waals surface area (Å²) in [5.41, 5.74) is 0.965. The van der Waals surface area contributed by atoms with Crippen LogP contribution in [0.1, 0.15) is 20.4 Å². The van der Waals surface area contributed by atoms with Crippen LogP contribution in [0.25, 0.3) is 0 Å². The van der Waals surface area contributed by atoms with Crippen LogP contribution in [0, 0.1) is 11.8 Å². The highest BCUT2D eigenvalue weighted by molar-refractivity contribution is 5.74. The van der Waals surface area contributed by atoms with Crippen molar-refractivity contribution in [2.24, 2.45) is 18.9 Å². The summed E-state index contributed by atoms with van der Waals surface area (Å²) in [5, 5.41) is 0. The van der Waals surface area contributed by atoms with E-state index in [4.69, 9.17) is 6.11 Å². The van der Waals surface area contributed by atoms with Crippen LogP contribution >= 0.6 is 0 Å². The van der Waals surface area contributed by atoms with E-state index in [0.717, 1.165) is 5.69 Å². The zero-order chi connectivity index (χ0) is 11.8. The molecule has 4 nitrogen and oxygen atoms in total. The lowest BCUT2D eigenvalue weighted by Crippen LogP contribution is -2.18. The van der Waals surface area contributed by atoms with E-state index in [1.165, 1.54) is 0 Å². The Balaban J connectivity index is 2.20. The molecule has 0 aromatic carbocycles. The fourth-order valence-corrected chi connectivity index (χ4v) is 1.95. The Hall–Kier alpha value is -1.32. The van der Waals surface area contributed by atoms with Crippen molar-refractivity contribution in [2.45, 2.75) is 19.8 Å². The van der Waals surface area contributed by atoms with E-state index in [0.29, 0.717) is 12.8 Å². The summed E-state index contributed by atoms with van der Waals surface area (Å²) in [4.78, 5) is 15.5. The molecule has 0 saturated carbocycles. The molecule has 4 heteroatoms. The molecule has 0 amide bonds. The van der Waals surface area contributed by atoms with Crippen LogP contribution in [0.3, 0.4) is 0 Å². The number of carbonyl (C=O) groups excluding carboxylic acids is 1. The van der Waals surface area contributed by atoms with Crippen molar-refractivity contribution >= 4 is 5.97 Å². The molecule has 1 fully saturated rings. The van der Waals surface area contributed by atoms with Crippen LogP contribution in [0.5, 0.6) is 0 Å². The lowest BCUT2D eigenvalue weighted by Gasteiger charge is -2.12. The number of esters is 1. The molecule has 1 aromatic rings. The van der Waals surface area contributed by atoms with Gasteiger partial charge in [-0.2, -0.15) is 0 Å². The Bertz CT molecular complexity index is 404. The maximum absolute atomic E-state index is 11.5. The van der Waals surface area contributed by atoms with Crippen molar-refractivity contribution in [3.05, 3.63) is 18.2 Å². The summed E-state index contributed by atoms with van der Waals surface area (Å²) in [6.07, 6.45) is 4.61. The summed E-state index contributed by atoms with van der Waals surface area (Å²) in [6, 6.07) is 0. The average Bonchev–Trinajstić information content (AvgIpc) is 2.74. The van der Waals surface area contributed by atoms with Gasteiger partial charge < -0.3 is 9.30 Å². The molecule has 0 unspecified atom stereocenters. The van der Waals surface area contributed by atoms with Crippen LogP contribution in [0.4, 0.5) is 0 Å². The molecule has 0 bridgehead atoms. The van der Waals surface area contributed by atoms with Crippen LogP contribution in [0.15, 0.2) is 12.5 Å². The third-order valence-electron chi connectivity index (χ3n) is 2.91. The molecule has 0 N–H and O–H groups in total. The second-order valence-electron chi connectivity index (χ2n) is 3.90. The number of hydrogen-bond donors (Lipinski definition) is 0. The largest absolute Gasteiger partial charge is 0.465 e. The first kappa shape index (κ1) is 8.95. The molecule has 2 rings (SSSR count). The van der Waals surface area contributed by atoms with E-state index in [1.807, 2.05) is 18.5 Å². The molecule has 15 heavy (non-hydrogen) atoms. The maximum Gasteiger partial charge on any atom is 0.309 e. The first-order valence-corrected chi connectivity index (χ1v) is 5.18.